The van der Waals surface area contributed by atoms with Crippen LogP contribution >= 0.6 is 35.3 Å². The third-order valence-electron chi connectivity index (χ3n) is 11.6. The first-order valence-electron chi connectivity index (χ1n) is 22.5. The summed E-state index contributed by atoms with van der Waals surface area (Å²) in [6.45, 7) is 10.8. The molecule has 6 nitrogen and oxygen atoms in total. The van der Waals surface area contributed by atoms with Gasteiger partial charge >= 0.3 is 47.0 Å². The lowest BCUT2D eigenvalue weighted by atomic mass is 9.91. The summed E-state index contributed by atoms with van der Waals surface area (Å²) in [7, 11) is -8.50. The minimum atomic E-state index is -8.92. The van der Waals surface area contributed by atoms with Crippen molar-refractivity contribution in [1.82, 2.24) is 0 Å². The van der Waals surface area contributed by atoms with Crippen LogP contribution in [0.2, 0.25) is 0 Å². The number of alkyl halides is 17. The van der Waals surface area contributed by atoms with Crippen LogP contribution in [0.3, 0.4) is 0 Å². The number of carbonyl (C=O) groups excluding carboxylic acids is 3. The number of halogens is 17. The molecule has 0 fully saturated rings. The Morgan fingerprint density at radius 3 is 0.802 bits per heavy atom. The lowest BCUT2D eigenvalue weighted by molar-refractivity contribution is -0.458. The second-order valence-electron chi connectivity index (χ2n) is 17.5. The van der Waals surface area contributed by atoms with Crippen molar-refractivity contribution in [3.05, 3.63) is 161 Å². The van der Waals surface area contributed by atoms with Gasteiger partial charge < -0.3 is 4.55 Å². The smallest absolute Gasteiger partial charge is 0.460 e. The summed E-state index contributed by atoms with van der Waals surface area (Å²) in [5, 5.41) is -7.95. The molecule has 0 heterocycles. The van der Waals surface area contributed by atoms with E-state index >= 15 is 0 Å². The van der Waals surface area contributed by atoms with Gasteiger partial charge in [0.25, 0.3) is 0 Å². The van der Waals surface area contributed by atoms with Gasteiger partial charge in [0, 0.05) is 46.1 Å². The molecular formula is C53H39F17O6S5. The monoisotopic (exact) mass is 1250 g/mol. The van der Waals surface area contributed by atoms with E-state index in [-0.39, 0.29) is 28.2 Å². The summed E-state index contributed by atoms with van der Waals surface area (Å²) in [4.78, 5) is 46.2. The predicted octanol–water partition coefficient (Wildman–Crippen LogP) is 17.3. The lowest BCUT2D eigenvalue weighted by Crippen LogP contribution is -2.75. The highest BCUT2D eigenvalue weighted by Crippen LogP contribution is 2.64. The van der Waals surface area contributed by atoms with Gasteiger partial charge in [0.15, 0.2) is 42.2 Å². The topological polar surface area (TPSA) is 108 Å². The molecule has 0 saturated carbocycles. The van der Waals surface area contributed by atoms with E-state index in [1.165, 1.54) is 14.7 Å². The maximum absolute atomic E-state index is 13.0. The van der Waals surface area contributed by atoms with E-state index in [0.29, 0.717) is 0 Å². The van der Waals surface area contributed by atoms with E-state index < -0.39 is 57.1 Å². The van der Waals surface area contributed by atoms with Gasteiger partial charge in [-0.1, -0.05) is 53.5 Å². The molecule has 0 aromatic heterocycles. The van der Waals surface area contributed by atoms with E-state index in [0.717, 1.165) is 62.8 Å². The molecule has 6 aromatic carbocycles. The van der Waals surface area contributed by atoms with Crippen molar-refractivity contribution in [2.45, 2.75) is 133 Å². The quantitative estimate of drug-likeness (QED) is 0.0339. The molecule has 0 atom stereocenters. The van der Waals surface area contributed by atoms with Gasteiger partial charge in [-0.05, 0) is 167 Å². The minimum absolute atomic E-state index is 0.0838. The third kappa shape index (κ3) is 13.3. The molecule has 0 aliphatic heterocycles. The van der Waals surface area contributed by atoms with Crippen LogP contribution in [0.15, 0.2) is 171 Å². The molecule has 0 saturated heterocycles. The number of hydrogen-bond donors (Lipinski definition) is 0. The van der Waals surface area contributed by atoms with Gasteiger partial charge in [0.05, 0.1) is 10.9 Å². The molecule has 0 radical (unpaired) electrons. The highest BCUT2D eigenvalue weighted by atomic mass is 32.2. The van der Waals surface area contributed by atoms with Crippen molar-refractivity contribution in [3.8, 4) is 0 Å². The van der Waals surface area contributed by atoms with Crippen LogP contribution in [0.5, 0.6) is 0 Å². The minimum Gasteiger partial charge on any atom is -0.743 e. The fourth-order valence-electron chi connectivity index (χ4n) is 7.34. The van der Waals surface area contributed by atoms with Gasteiger partial charge in [-0.15, -0.1) is 0 Å². The normalized spacial score (nSPS) is 13.2. The highest BCUT2D eigenvalue weighted by Gasteiger charge is 2.95. The number of carbonyl (C=O) groups is 3. The lowest BCUT2D eigenvalue weighted by Gasteiger charge is -2.42. The molecule has 28 heteroatoms. The molecule has 0 N–H and O–H groups in total. The number of rotatable bonds is 19. The Bertz CT molecular complexity index is 3170. The fourth-order valence-corrected chi connectivity index (χ4v) is 12.6. The number of Topliss-reactive ketones (excluding diaryl/α,β-unsaturated/α-hetero) is 3. The summed E-state index contributed by atoms with van der Waals surface area (Å²) in [5.74, 6) is -51.9. The molecule has 0 bridgehead atoms. The average Bonchev–Trinajstić information content (AvgIpc) is 3.53. The second kappa shape index (κ2) is 24.0. The van der Waals surface area contributed by atoms with Crippen molar-refractivity contribution >= 4 is 73.6 Å². The van der Waals surface area contributed by atoms with E-state index in [1.54, 1.807) is 56.1 Å². The first-order chi connectivity index (χ1) is 36.9. The number of ketones is 3. The van der Waals surface area contributed by atoms with Crippen molar-refractivity contribution < 1.29 is 102 Å². The Morgan fingerprint density at radius 2 is 0.593 bits per heavy atom. The van der Waals surface area contributed by atoms with Crippen LogP contribution in [0.25, 0.3) is 0 Å². The Hall–Kier alpha value is -5.55. The summed E-state index contributed by atoms with van der Waals surface area (Å²) in [5.41, 5.74) is 5.26. The average molecular weight is 1260 g/mol. The first-order valence-corrected chi connectivity index (χ1v) is 27.6. The molecule has 0 amide bonds. The van der Waals surface area contributed by atoms with Gasteiger partial charge in [0.1, 0.15) is 0 Å². The standard InChI is InChI=1S/C45H39O3S4.C8HF17O3S/c1-28-25-37(13-22-43(28)31(4)46)49-34-7-16-40(17-8-34)52(41-18-9-35(10-19-41)50-38-14-23-44(32(5)47)29(2)26-38)42-20-11-36(12-21-42)51-39-15-24-45(33(6)48)30(3)27-39;9-1(10,3(13,14)5(17,18)7(21,22)23)2(11,12)4(15,16)6(19,20)8(24,25)29(26,27)28/h7-27H,1-6H3;(H,26,27,28)/q+1;/p-1. The summed E-state index contributed by atoms with van der Waals surface area (Å²) < 4.78 is 244. The van der Waals surface area contributed by atoms with Crippen molar-refractivity contribution in [3.63, 3.8) is 0 Å². The number of aryl methyl sites for hydroxylation is 3. The Kier molecular flexibility index (Phi) is 19.6. The summed E-state index contributed by atoms with van der Waals surface area (Å²) >= 11 is 5.09. The molecule has 436 valence electrons. The molecular weight excluding hydrogens is 1220 g/mol. The van der Waals surface area contributed by atoms with E-state index in [1.807, 2.05) is 57.2 Å². The molecule has 0 unspecified atom stereocenters. The van der Waals surface area contributed by atoms with Crippen LogP contribution < -0.4 is 0 Å². The molecule has 6 aromatic rings. The number of hydrogen-bond acceptors (Lipinski definition) is 9. The molecule has 0 aliphatic carbocycles. The van der Waals surface area contributed by atoms with E-state index in [9.17, 15) is 102 Å². The maximum atomic E-state index is 13.0. The van der Waals surface area contributed by atoms with E-state index in [4.69, 9.17) is 0 Å². The summed E-state index contributed by atoms with van der Waals surface area (Å²) in [6, 6.07) is 44.5. The zero-order valence-electron chi connectivity index (χ0n) is 42.0. The fraction of sp³-hybridized carbons (Fsp3) is 0.264. The van der Waals surface area contributed by atoms with E-state index in [2.05, 4.69) is 91.0 Å². The van der Waals surface area contributed by atoms with Crippen LogP contribution in [0, 0.1) is 20.8 Å². The SMILES string of the molecule is CC(=O)c1ccc(Sc2ccc([S+](c3ccc(Sc4ccc(C(C)=O)c(C)c4)cc3)c3ccc(Sc4ccc(C(C)=O)c(C)c4)cc3)cc2)cc1C.O=S(=O)([O-])C(F)(F)C(F)(F)C(F)(F)C(F)(F)C(F)(F)C(F)(F)C(F)(F)C(F)(F)F. The van der Waals surface area contributed by atoms with Crippen LogP contribution in [0.1, 0.15) is 68.5 Å². The molecule has 0 spiro atoms. The maximum Gasteiger partial charge on any atom is 0.460 e. The Labute approximate surface area is 466 Å². The van der Waals surface area contributed by atoms with Crippen molar-refractivity contribution in [2.24, 2.45) is 0 Å². The Balaban J connectivity index is 0.000000355. The van der Waals surface area contributed by atoms with Gasteiger partial charge in [-0.2, -0.15) is 74.6 Å². The zero-order chi connectivity index (χ0) is 61.4. The second-order valence-corrected chi connectivity index (χ2v) is 24.4. The zero-order valence-corrected chi connectivity index (χ0v) is 46.1. The van der Waals surface area contributed by atoms with Gasteiger partial charge in [0.2, 0.25) is 0 Å². The van der Waals surface area contributed by atoms with Gasteiger partial charge in [-0.25, -0.2) is 8.42 Å². The Morgan fingerprint density at radius 1 is 0.370 bits per heavy atom. The summed E-state index contributed by atoms with van der Waals surface area (Å²) in [6.07, 6.45) is -7.89. The van der Waals surface area contributed by atoms with Crippen LogP contribution in [0.4, 0.5) is 74.6 Å². The largest absolute Gasteiger partial charge is 0.743 e. The van der Waals surface area contributed by atoms with Crippen molar-refractivity contribution in [1.29, 1.82) is 0 Å². The third-order valence-corrected chi connectivity index (χ3v) is 17.7. The predicted molar refractivity (Wildman–Crippen MR) is 268 cm³/mol. The highest BCUT2D eigenvalue weighted by molar-refractivity contribution is 8.00. The van der Waals surface area contributed by atoms with Crippen LogP contribution in [-0.2, 0) is 21.0 Å². The van der Waals surface area contributed by atoms with Crippen LogP contribution in [-0.4, -0.2) is 77.3 Å². The molecule has 0 aliphatic rings. The number of benzene rings is 6. The first kappa shape index (κ1) is 66.3. The molecule has 6 rings (SSSR count). The van der Waals surface area contributed by atoms with Crippen molar-refractivity contribution in [2.75, 3.05) is 0 Å². The molecule has 81 heavy (non-hydrogen) atoms. The van der Waals surface area contributed by atoms with Gasteiger partial charge in [-0.3, -0.25) is 14.4 Å².